The van der Waals surface area contributed by atoms with Crippen LogP contribution in [0.2, 0.25) is 0 Å². The molecule has 4 rings (SSSR count). The summed E-state index contributed by atoms with van der Waals surface area (Å²) >= 11 is 0. The maximum absolute atomic E-state index is 13.4. The number of rotatable bonds is 4. The van der Waals surface area contributed by atoms with E-state index in [-0.39, 0.29) is 11.3 Å². The second kappa shape index (κ2) is 7.64. The van der Waals surface area contributed by atoms with Gasteiger partial charge in [-0.25, -0.2) is 0 Å². The largest absolute Gasteiger partial charge is 0.339 e. The molecule has 0 radical (unpaired) electrons. The average molecular weight is 373 g/mol. The van der Waals surface area contributed by atoms with Crippen molar-refractivity contribution in [1.82, 2.24) is 20.0 Å². The zero-order chi connectivity index (χ0) is 18.9. The van der Waals surface area contributed by atoms with Gasteiger partial charge in [0.05, 0.1) is 17.2 Å². The van der Waals surface area contributed by atoms with Crippen LogP contribution < -0.4 is 0 Å². The first-order valence-corrected chi connectivity index (χ1v) is 10.8. The van der Waals surface area contributed by atoms with Crippen molar-refractivity contribution in [3.05, 3.63) is 17.5 Å². The number of aromatic amines is 1. The van der Waals surface area contributed by atoms with Crippen LogP contribution in [0.15, 0.2) is 6.20 Å². The summed E-state index contributed by atoms with van der Waals surface area (Å²) < 4.78 is 0. The van der Waals surface area contributed by atoms with Crippen molar-refractivity contribution in [2.24, 2.45) is 5.41 Å². The molecule has 3 fully saturated rings. The molecule has 6 nitrogen and oxygen atoms in total. The number of hydrogen-bond donors (Lipinski definition) is 1. The Morgan fingerprint density at radius 2 is 2.04 bits per heavy atom. The summed E-state index contributed by atoms with van der Waals surface area (Å²) in [5.41, 5.74) is 1.25. The maximum atomic E-state index is 13.4. The number of aromatic nitrogens is 2. The zero-order valence-electron chi connectivity index (χ0n) is 16.5. The molecule has 148 valence electrons. The number of likely N-dealkylation sites (tertiary alicyclic amines) is 2. The second-order valence-corrected chi connectivity index (χ2v) is 8.66. The monoisotopic (exact) mass is 372 g/mol. The third-order valence-corrected chi connectivity index (χ3v) is 6.87. The van der Waals surface area contributed by atoms with Crippen molar-refractivity contribution in [1.29, 1.82) is 0 Å². The third-order valence-electron chi connectivity index (χ3n) is 6.87. The highest BCUT2D eigenvalue weighted by Crippen LogP contribution is 2.42. The van der Waals surface area contributed by atoms with Crippen molar-refractivity contribution in [2.75, 3.05) is 19.6 Å². The lowest BCUT2D eigenvalue weighted by Crippen LogP contribution is -2.54. The van der Waals surface area contributed by atoms with Crippen molar-refractivity contribution in [3.8, 4) is 0 Å². The highest BCUT2D eigenvalue weighted by molar-refractivity contribution is 5.96. The first-order chi connectivity index (χ1) is 13.1. The van der Waals surface area contributed by atoms with E-state index in [9.17, 15) is 9.59 Å². The molecule has 1 N–H and O–H groups in total. The predicted molar refractivity (Wildman–Crippen MR) is 103 cm³/mol. The van der Waals surface area contributed by atoms with Crippen LogP contribution >= 0.6 is 0 Å². The Balaban J connectivity index is 1.47. The van der Waals surface area contributed by atoms with E-state index in [4.69, 9.17) is 0 Å². The molecule has 2 amide bonds. The first-order valence-electron chi connectivity index (χ1n) is 10.8. The van der Waals surface area contributed by atoms with Crippen molar-refractivity contribution in [2.45, 2.75) is 77.2 Å². The van der Waals surface area contributed by atoms with Crippen LogP contribution in [-0.4, -0.2) is 57.5 Å². The molecule has 0 bridgehead atoms. The highest BCUT2D eigenvalue weighted by atomic mass is 16.2. The fourth-order valence-corrected chi connectivity index (χ4v) is 5.37. The van der Waals surface area contributed by atoms with Gasteiger partial charge in [-0.3, -0.25) is 14.7 Å². The van der Waals surface area contributed by atoms with Crippen LogP contribution in [-0.2, 0) is 11.2 Å². The van der Waals surface area contributed by atoms with Gasteiger partial charge in [-0.05, 0) is 38.5 Å². The minimum Gasteiger partial charge on any atom is -0.339 e. The van der Waals surface area contributed by atoms with E-state index in [0.29, 0.717) is 30.6 Å². The van der Waals surface area contributed by atoms with E-state index in [0.717, 1.165) is 57.2 Å². The Bertz CT molecular complexity index is 694. The van der Waals surface area contributed by atoms with Crippen LogP contribution in [0.3, 0.4) is 0 Å². The summed E-state index contributed by atoms with van der Waals surface area (Å²) in [7, 11) is 0. The lowest BCUT2D eigenvalue weighted by atomic mass is 9.77. The van der Waals surface area contributed by atoms with Crippen LogP contribution in [0, 0.1) is 5.41 Å². The molecule has 3 heterocycles. The lowest BCUT2D eigenvalue weighted by Gasteiger charge is -2.44. The maximum Gasteiger partial charge on any atom is 0.257 e. The summed E-state index contributed by atoms with van der Waals surface area (Å²) in [6, 6.07) is 0.429. The van der Waals surface area contributed by atoms with E-state index in [1.165, 1.54) is 19.3 Å². The number of H-pyrrole nitrogens is 1. The molecule has 1 spiro atoms. The molecule has 0 aromatic carbocycles. The van der Waals surface area contributed by atoms with Crippen LogP contribution in [0.1, 0.15) is 80.8 Å². The Kier molecular flexibility index (Phi) is 5.24. The number of nitrogens with one attached hydrogen (secondary N) is 1. The van der Waals surface area contributed by atoms with Crippen LogP contribution in [0.25, 0.3) is 0 Å². The minimum atomic E-state index is -0.347. The summed E-state index contributed by atoms with van der Waals surface area (Å²) in [4.78, 5) is 30.6. The molecular weight excluding hydrogens is 340 g/mol. The topological polar surface area (TPSA) is 69.3 Å². The molecule has 1 aliphatic carbocycles. The summed E-state index contributed by atoms with van der Waals surface area (Å²) in [6.45, 7) is 4.26. The molecule has 1 aromatic heterocycles. The van der Waals surface area contributed by atoms with Gasteiger partial charge in [0.15, 0.2) is 0 Å². The van der Waals surface area contributed by atoms with Gasteiger partial charge in [-0.2, -0.15) is 5.10 Å². The average Bonchev–Trinajstić information content (AvgIpc) is 3.33. The van der Waals surface area contributed by atoms with Gasteiger partial charge >= 0.3 is 0 Å². The van der Waals surface area contributed by atoms with E-state index in [1.54, 1.807) is 6.20 Å². The first kappa shape index (κ1) is 18.5. The number of nitrogens with zero attached hydrogens (tertiary/aromatic N) is 3. The standard InChI is InChI=1S/C21H32N4O2/c1-2-7-18-17(14-22-23-18)19(26)24-13-11-21(15-24)10-6-12-25(20(21)27)16-8-4-3-5-9-16/h14,16H,2-13,15H2,1H3,(H,22,23)/t21-/m1/s1. The SMILES string of the molecule is CCCc1[nH]ncc1C(=O)N1CC[C@]2(CCCN(C3CCCCC3)C2=O)C1. The van der Waals surface area contributed by atoms with E-state index in [2.05, 4.69) is 22.0 Å². The Hall–Kier alpha value is -1.85. The molecule has 1 aromatic rings. The van der Waals surface area contributed by atoms with Gasteiger partial charge in [-0.1, -0.05) is 32.6 Å². The number of carbonyl (C=O) groups excluding carboxylic acids is 2. The molecule has 6 heteroatoms. The smallest absolute Gasteiger partial charge is 0.257 e. The normalized spacial score (nSPS) is 26.9. The van der Waals surface area contributed by atoms with Gasteiger partial charge in [0.1, 0.15) is 0 Å². The van der Waals surface area contributed by atoms with Crippen molar-refractivity contribution in [3.63, 3.8) is 0 Å². The van der Waals surface area contributed by atoms with Gasteiger partial charge in [0, 0.05) is 31.4 Å². The number of aryl methyl sites for hydroxylation is 1. The highest BCUT2D eigenvalue weighted by Gasteiger charge is 2.50. The van der Waals surface area contributed by atoms with Gasteiger partial charge in [0.2, 0.25) is 5.91 Å². The molecule has 2 aliphatic heterocycles. The molecule has 2 saturated heterocycles. The van der Waals surface area contributed by atoms with Gasteiger partial charge in [0.25, 0.3) is 5.91 Å². The van der Waals surface area contributed by atoms with Crippen LogP contribution in [0.5, 0.6) is 0 Å². The number of hydrogen-bond acceptors (Lipinski definition) is 3. The number of amides is 2. The third kappa shape index (κ3) is 3.39. The molecule has 0 unspecified atom stereocenters. The Labute approximate surface area is 161 Å². The number of piperidine rings is 1. The van der Waals surface area contributed by atoms with Crippen LogP contribution in [0.4, 0.5) is 0 Å². The van der Waals surface area contributed by atoms with Crippen molar-refractivity contribution < 1.29 is 9.59 Å². The van der Waals surface area contributed by atoms with Gasteiger partial charge in [-0.15, -0.1) is 0 Å². The molecule has 1 atom stereocenters. The zero-order valence-corrected chi connectivity index (χ0v) is 16.5. The molecule has 1 saturated carbocycles. The van der Waals surface area contributed by atoms with E-state index >= 15 is 0 Å². The summed E-state index contributed by atoms with van der Waals surface area (Å²) in [5, 5.41) is 7.05. The molecule has 3 aliphatic rings. The Morgan fingerprint density at radius 3 is 2.81 bits per heavy atom. The fraction of sp³-hybridized carbons (Fsp3) is 0.762. The lowest BCUT2D eigenvalue weighted by molar-refractivity contribution is -0.149. The van der Waals surface area contributed by atoms with E-state index in [1.807, 2.05) is 4.90 Å². The van der Waals surface area contributed by atoms with Crippen molar-refractivity contribution >= 4 is 11.8 Å². The van der Waals surface area contributed by atoms with E-state index < -0.39 is 0 Å². The van der Waals surface area contributed by atoms with Gasteiger partial charge < -0.3 is 9.80 Å². The minimum absolute atomic E-state index is 0.0339. The second-order valence-electron chi connectivity index (χ2n) is 8.66. The number of carbonyl (C=O) groups is 2. The predicted octanol–water partition coefficient (Wildman–Crippen LogP) is 3.15. The molecular formula is C21H32N4O2. The fourth-order valence-electron chi connectivity index (χ4n) is 5.37. The molecule has 27 heavy (non-hydrogen) atoms. The Morgan fingerprint density at radius 1 is 1.22 bits per heavy atom. The summed E-state index contributed by atoms with van der Waals surface area (Å²) in [6.07, 6.45) is 12.3. The quantitative estimate of drug-likeness (QED) is 0.883. The summed E-state index contributed by atoms with van der Waals surface area (Å²) in [5.74, 6) is 0.351.